The number of carbonyl (C=O) groups excluding carboxylic acids is 1. The van der Waals surface area contributed by atoms with Crippen LogP contribution in [0.25, 0.3) is 0 Å². The molecule has 1 fully saturated rings. The Morgan fingerprint density at radius 2 is 1.42 bits per heavy atom. The van der Waals surface area contributed by atoms with E-state index >= 15 is 0 Å². The molecule has 8 nitrogen and oxygen atoms in total. The van der Waals surface area contributed by atoms with Crippen molar-refractivity contribution >= 4 is 21.6 Å². The molecule has 1 aliphatic rings. The van der Waals surface area contributed by atoms with E-state index in [0.29, 0.717) is 11.5 Å². The first-order chi connectivity index (χ1) is 20.4. The maximum absolute atomic E-state index is 14.3. The van der Waals surface area contributed by atoms with E-state index in [9.17, 15) is 40.3 Å². The second-order valence-corrected chi connectivity index (χ2v) is 12.3. The molecule has 0 heterocycles. The summed E-state index contributed by atoms with van der Waals surface area (Å²) in [6.07, 6.45) is 4.22. The van der Waals surface area contributed by atoms with E-state index in [0.717, 1.165) is 38.3 Å². The van der Waals surface area contributed by atoms with Gasteiger partial charge in [0, 0.05) is 12.7 Å². The second-order valence-electron chi connectivity index (χ2n) is 10.3. The summed E-state index contributed by atoms with van der Waals surface area (Å²) in [4.78, 5) is 12.6. The van der Waals surface area contributed by atoms with Crippen LogP contribution in [-0.2, 0) is 21.4 Å². The Morgan fingerprint density at radius 3 is 1.95 bits per heavy atom. The monoisotopic (exact) mass is 627 g/mol. The second kappa shape index (κ2) is 13.5. The fraction of sp³-hybridized carbons (Fsp3) is 0.345. The van der Waals surface area contributed by atoms with Crippen LogP contribution in [0.1, 0.15) is 60.9 Å². The summed E-state index contributed by atoms with van der Waals surface area (Å²) < 4.78 is 95.8. The number of carbonyl (C=O) groups is 1. The van der Waals surface area contributed by atoms with Gasteiger partial charge in [-0.3, -0.25) is 4.79 Å². The topological polar surface area (TPSA) is 110 Å². The van der Waals surface area contributed by atoms with Gasteiger partial charge in [-0.25, -0.2) is 30.4 Å². The van der Waals surface area contributed by atoms with Crippen LogP contribution >= 0.6 is 0 Å². The van der Waals surface area contributed by atoms with Gasteiger partial charge in [-0.1, -0.05) is 55.7 Å². The van der Waals surface area contributed by atoms with Crippen LogP contribution < -0.4 is 10.4 Å². The molecule has 14 heteroatoms. The Bertz CT molecular complexity index is 1540. The molecule has 0 spiro atoms. The van der Waals surface area contributed by atoms with Crippen molar-refractivity contribution in [2.24, 2.45) is 0 Å². The fourth-order valence-electron chi connectivity index (χ4n) is 5.08. The predicted octanol–water partition coefficient (Wildman–Crippen LogP) is 5.25. The summed E-state index contributed by atoms with van der Waals surface area (Å²) in [6.45, 7) is -1.09. The quantitative estimate of drug-likeness (QED) is 0.0932. The largest absolute Gasteiger partial charge is 0.372 e. The highest BCUT2D eigenvalue weighted by atomic mass is 32.2. The molecule has 4 rings (SSSR count). The predicted molar refractivity (Wildman–Crippen MR) is 146 cm³/mol. The minimum absolute atomic E-state index is 0.0691. The highest BCUT2D eigenvalue weighted by Crippen LogP contribution is 2.33. The first-order valence-corrected chi connectivity index (χ1v) is 14.9. The number of anilines is 1. The average molecular weight is 628 g/mol. The van der Waals surface area contributed by atoms with Crippen LogP contribution in [0, 0.1) is 29.1 Å². The lowest BCUT2D eigenvalue weighted by atomic mass is 9.84. The Kier molecular flexibility index (Phi) is 10.2. The molecule has 0 aromatic heterocycles. The smallest absolute Gasteiger partial charge is 0.249 e. The highest BCUT2D eigenvalue weighted by Gasteiger charge is 2.37. The SMILES string of the molecule is CN(CC(=O)N(Cc1ccc(C2CCCCC2)cc1)c1ccc(C(O)NO)cc1)S(=O)(=O)c1c(F)c(F)c(F)c(F)c1F. The van der Waals surface area contributed by atoms with E-state index in [-0.39, 0.29) is 22.1 Å². The molecule has 1 aliphatic carbocycles. The minimum Gasteiger partial charge on any atom is -0.372 e. The van der Waals surface area contributed by atoms with Crippen LogP contribution in [0.5, 0.6) is 0 Å². The highest BCUT2D eigenvalue weighted by molar-refractivity contribution is 7.89. The van der Waals surface area contributed by atoms with Crippen molar-refractivity contribution in [1.82, 2.24) is 9.79 Å². The molecule has 1 saturated carbocycles. The van der Waals surface area contributed by atoms with Crippen LogP contribution in [0.15, 0.2) is 53.4 Å². The van der Waals surface area contributed by atoms with E-state index in [1.54, 1.807) is 5.48 Å². The number of benzene rings is 3. The summed E-state index contributed by atoms with van der Waals surface area (Å²) in [6, 6.07) is 13.2. The molecule has 3 aromatic carbocycles. The van der Waals surface area contributed by atoms with Crippen molar-refractivity contribution in [3.63, 3.8) is 0 Å². The van der Waals surface area contributed by atoms with Gasteiger partial charge in [0.25, 0.3) is 0 Å². The lowest BCUT2D eigenvalue weighted by Crippen LogP contribution is -2.41. The zero-order valence-corrected chi connectivity index (χ0v) is 23.9. The third-order valence-corrected chi connectivity index (χ3v) is 9.36. The zero-order valence-electron chi connectivity index (χ0n) is 23.0. The summed E-state index contributed by atoms with van der Waals surface area (Å²) in [7, 11) is -4.59. The number of hydroxylamine groups is 1. The van der Waals surface area contributed by atoms with Gasteiger partial charge in [0.15, 0.2) is 34.4 Å². The number of nitrogens with zero attached hydrogens (tertiary/aromatic N) is 2. The van der Waals surface area contributed by atoms with Crippen LogP contribution in [-0.4, -0.2) is 42.5 Å². The van der Waals surface area contributed by atoms with Gasteiger partial charge in [-0.2, -0.15) is 9.79 Å². The Balaban J connectivity index is 1.63. The number of nitrogens with one attached hydrogen (secondary N) is 1. The molecular weight excluding hydrogens is 597 g/mol. The molecule has 0 bridgehead atoms. The number of amides is 1. The van der Waals surface area contributed by atoms with Crippen molar-refractivity contribution in [1.29, 1.82) is 0 Å². The maximum atomic E-state index is 14.3. The van der Waals surface area contributed by atoms with Gasteiger partial charge in [0.1, 0.15) is 0 Å². The van der Waals surface area contributed by atoms with Crippen LogP contribution in [0.3, 0.4) is 0 Å². The first-order valence-electron chi connectivity index (χ1n) is 13.4. The molecule has 3 aromatic rings. The first kappa shape index (κ1) is 32.5. The molecule has 0 aliphatic heterocycles. The van der Waals surface area contributed by atoms with Gasteiger partial charge in [-0.15, -0.1) is 0 Å². The van der Waals surface area contributed by atoms with Gasteiger partial charge < -0.3 is 15.2 Å². The number of likely N-dealkylation sites (N-methyl/N-ethyl adjacent to an activating group) is 1. The fourth-order valence-corrected chi connectivity index (χ4v) is 6.30. The Morgan fingerprint density at radius 1 is 0.884 bits per heavy atom. The standard InChI is InChI=1S/C29H30F5N3O5S/c1-36(43(41,42)28-26(33)24(31)23(30)25(32)27(28)34)16-22(38)37(21-13-11-20(12-14-21)29(39)35-40)15-17-7-9-19(10-8-17)18-5-3-2-4-6-18/h7-14,18,29,35,39-40H,2-6,15-16H2,1H3. The van der Waals surface area contributed by atoms with Crippen molar-refractivity contribution < 1.29 is 45.5 Å². The number of sulfonamides is 1. The number of halogens is 5. The molecule has 0 saturated heterocycles. The number of hydrogen-bond acceptors (Lipinski definition) is 6. The average Bonchev–Trinajstić information content (AvgIpc) is 3.02. The number of aliphatic hydroxyl groups is 1. The van der Waals surface area contributed by atoms with Crippen molar-refractivity contribution in [3.8, 4) is 0 Å². The summed E-state index contributed by atoms with van der Waals surface area (Å²) in [5.74, 6) is -12.9. The molecule has 43 heavy (non-hydrogen) atoms. The lowest BCUT2D eigenvalue weighted by Gasteiger charge is -2.27. The van der Waals surface area contributed by atoms with E-state index in [4.69, 9.17) is 5.21 Å². The third-order valence-electron chi connectivity index (χ3n) is 7.54. The van der Waals surface area contributed by atoms with Crippen LogP contribution in [0.4, 0.5) is 27.6 Å². The zero-order chi connectivity index (χ0) is 31.5. The number of aliphatic hydroxyl groups excluding tert-OH is 1. The summed E-state index contributed by atoms with van der Waals surface area (Å²) in [5, 5.41) is 18.8. The van der Waals surface area contributed by atoms with E-state index in [1.807, 2.05) is 24.3 Å². The minimum atomic E-state index is -5.37. The molecule has 1 atom stereocenters. The molecule has 3 N–H and O–H groups in total. The molecular formula is C29H30F5N3O5S. The molecule has 232 valence electrons. The van der Waals surface area contributed by atoms with Crippen LogP contribution in [0.2, 0.25) is 0 Å². The Hall–Kier alpha value is -3.43. The molecule has 0 radical (unpaired) electrons. The maximum Gasteiger partial charge on any atom is 0.249 e. The van der Waals surface area contributed by atoms with Gasteiger partial charge in [-0.05, 0) is 47.6 Å². The number of hydrogen-bond donors (Lipinski definition) is 3. The molecule has 1 amide bonds. The van der Waals surface area contributed by atoms with Crippen molar-refractivity contribution in [2.75, 3.05) is 18.5 Å². The van der Waals surface area contributed by atoms with Crippen molar-refractivity contribution in [2.45, 2.75) is 55.7 Å². The summed E-state index contributed by atoms with van der Waals surface area (Å²) in [5.41, 5.74) is 3.96. The van der Waals surface area contributed by atoms with E-state index in [2.05, 4.69) is 0 Å². The van der Waals surface area contributed by atoms with E-state index in [1.165, 1.54) is 35.6 Å². The normalized spacial score (nSPS) is 15.1. The van der Waals surface area contributed by atoms with Gasteiger partial charge in [0.2, 0.25) is 21.7 Å². The van der Waals surface area contributed by atoms with E-state index < -0.39 is 62.7 Å². The molecule has 1 unspecified atom stereocenters. The summed E-state index contributed by atoms with van der Waals surface area (Å²) >= 11 is 0. The van der Waals surface area contributed by atoms with Crippen molar-refractivity contribution in [3.05, 3.63) is 94.3 Å². The lowest BCUT2D eigenvalue weighted by molar-refractivity contribution is -0.118. The van der Waals surface area contributed by atoms with Gasteiger partial charge >= 0.3 is 0 Å². The number of rotatable bonds is 10. The Labute approximate surface area is 245 Å². The van der Waals surface area contributed by atoms with Gasteiger partial charge in [0.05, 0.1) is 13.1 Å². The third kappa shape index (κ3) is 6.88.